The Kier molecular flexibility index (Phi) is 7.44. The standard InChI is InChI=1S/C12H24N4O5/c13-5-2-1-4-11(15,9(18)19)12(16,10(20)21)7-8(17)3-6-14/h1-7,13-16H2,(H,18,19)(H,20,21). The third-order valence-corrected chi connectivity index (χ3v) is 3.48. The maximum Gasteiger partial charge on any atom is 0.326 e. The van der Waals surface area contributed by atoms with E-state index >= 15 is 0 Å². The predicted octanol–water partition coefficient (Wildman–Crippen LogP) is -2.01. The Hall–Kier alpha value is -1.55. The lowest BCUT2D eigenvalue weighted by Crippen LogP contribution is -2.74. The Bertz CT molecular complexity index is 403. The number of carboxylic acid groups (broad SMARTS) is 2. The molecule has 0 aromatic heterocycles. The largest absolute Gasteiger partial charge is 0.480 e. The molecule has 0 amide bonds. The maximum absolute atomic E-state index is 11.7. The van der Waals surface area contributed by atoms with Crippen LogP contribution < -0.4 is 22.9 Å². The van der Waals surface area contributed by atoms with Crippen molar-refractivity contribution in [3.63, 3.8) is 0 Å². The topological polar surface area (TPSA) is 196 Å². The molecule has 0 spiro atoms. The fraction of sp³-hybridized carbons (Fsp3) is 0.750. The first-order chi connectivity index (χ1) is 9.65. The van der Waals surface area contributed by atoms with Crippen molar-refractivity contribution in [1.82, 2.24) is 0 Å². The summed E-state index contributed by atoms with van der Waals surface area (Å²) in [6.45, 7) is 0.332. The Labute approximate surface area is 122 Å². The zero-order valence-electron chi connectivity index (χ0n) is 11.9. The van der Waals surface area contributed by atoms with Gasteiger partial charge in [0.1, 0.15) is 11.3 Å². The number of rotatable bonds is 11. The number of carbonyl (C=O) groups excluding carboxylic acids is 1. The molecule has 122 valence electrons. The number of carbonyl (C=O) groups is 3. The Morgan fingerprint density at radius 3 is 1.76 bits per heavy atom. The zero-order valence-corrected chi connectivity index (χ0v) is 11.9. The van der Waals surface area contributed by atoms with Gasteiger partial charge in [0.25, 0.3) is 0 Å². The SMILES string of the molecule is NCCCCC(N)(C(=O)O)C(N)(CC(=O)CCN)C(=O)O. The highest BCUT2D eigenvalue weighted by Crippen LogP contribution is 2.28. The normalized spacial score (nSPS) is 16.8. The molecule has 0 radical (unpaired) electrons. The van der Waals surface area contributed by atoms with Crippen molar-refractivity contribution in [2.24, 2.45) is 22.9 Å². The monoisotopic (exact) mass is 304 g/mol. The molecule has 0 saturated heterocycles. The molecule has 2 atom stereocenters. The minimum Gasteiger partial charge on any atom is -0.480 e. The van der Waals surface area contributed by atoms with Crippen molar-refractivity contribution >= 4 is 17.7 Å². The minimum atomic E-state index is -2.40. The lowest BCUT2D eigenvalue weighted by Gasteiger charge is -2.39. The second-order valence-electron chi connectivity index (χ2n) is 5.05. The summed E-state index contributed by atoms with van der Waals surface area (Å²) >= 11 is 0. The average Bonchev–Trinajstić information content (AvgIpc) is 2.38. The third-order valence-electron chi connectivity index (χ3n) is 3.48. The molecule has 10 N–H and O–H groups in total. The fourth-order valence-electron chi connectivity index (χ4n) is 2.05. The fourth-order valence-corrected chi connectivity index (χ4v) is 2.05. The van der Waals surface area contributed by atoms with E-state index in [4.69, 9.17) is 22.9 Å². The van der Waals surface area contributed by atoms with Crippen LogP contribution in [0.25, 0.3) is 0 Å². The highest BCUT2D eigenvalue weighted by atomic mass is 16.4. The summed E-state index contributed by atoms with van der Waals surface area (Å²) in [6.07, 6.45) is -0.219. The average molecular weight is 304 g/mol. The van der Waals surface area contributed by atoms with Crippen LogP contribution in [-0.2, 0) is 14.4 Å². The van der Waals surface area contributed by atoms with Crippen LogP contribution in [0.4, 0.5) is 0 Å². The number of Topliss-reactive ketones (excluding diaryl/α,β-unsaturated/α-hetero) is 1. The number of hydrogen-bond donors (Lipinski definition) is 6. The molecule has 0 saturated carbocycles. The van der Waals surface area contributed by atoms with Gasteiger partial charge in [-0.05, 0) is 32.4 Å². The van der Waals surface area contributed by atoms with Gasteiger partial charge in [0, 0.05) is 12.8 Å². The maximum atomic E-state index is 11.7. The van der Waals surface area contributed by atoms with E-state index in [-0.39, 0.29) is 25.8 Å². The summed E-state index contributed by atoms with van der Waals surface area (Å²) in [5, 5.41) is 18.6. The molecule has 0 aliphatic carbocycles. The highest BCUT2D eigenvalue weighted by molar-refractivity contribution is 5.97. The first-order valence-electron chi connectivity index (χ1n) is 6.62. The van der Waals surface area contributed by atoms with E-state index in [9.17, 15) is 24.6 Å². The van der Waals surface area contributed by atoms with Crippen LogP contribution in [0.2, 0.25) is 0 Å². The predicted molar refractivity (Wildman–Crippen MR) is 75.3 cm³/mol. The molecule has 0 rings (SSSR count). The van der Waals surface area contributed by atoms with Gasteiger partial charge in [-0.3, -0.25) is 14.4 Å². The van der Waals surface area contributed by atoms with Gasteiger partial charge in [-0.2, -0.15) is 0 Å². The molecule has 9 heteroatoms. The van der Waals surface area contributed by atoms with Crippen LogP contribution in [-0.4, -0.2) is 52.1 Å². The Morgan fingerprint density at radius 1 is 0.857 bits per heavy atom. The molecule has 0 aromatic carbocycles. The van der Waals surface area contributed by atoms with Gasteiger partial charge in [-0.15, -0.1) is 0 Å². The lowest BCUT2D eigenvalue weighted by atomic mass is 9.71. The van der Waals surface area contributed by atoms with E-state index < -0.39 is 35.2 Å². The summed E-state index contributed by atoms with van der Waals surface area (Å²) < 4.78 is 0. The van der Waals surface area contributed by atoms with E-state index in [1.807, 2.05) is 0 Å². The molecule has 0 fully saturated rings. The summed E-state index contributed by atoms with van der Waals surface area (Å²) in [7, 11) is 0. The molecule has 0 bridgehead atoms. The van der Waals surface area contributed by atoms with E-state index in [0.29, 0.717) is 13.0 Å². The van der Waals surface area contributed by atoms with Crippen molar-refractivity contribution < 1.29 is 24.6 Å². The molecule has 9 nitrogen and oxygen atoms in total. The van der Waals surface area contributed by atoms with E-state index in [1.165, 1.54) is 0 Å². The van der Waals surface area contributed by atoms with Crippen molar-refractivity contribution in [2.45, 2.75) is 43.2 Å². The number of unbranched alkanes of at least 4 members (excludes halogenated alkanes) is 1. The van der Waals surface area contributed by atoms with Crippen molar-refractivity contribution in [3.8, 4) is 0 Å². The quantitative estimate of drug-likeness (QED) is 0.233. The summed E-state index contributed by atoms with van der Waals surface area (Å²) in [4.78, 5) is 34.6. The molecule has 0 aliphatic rings. The molecule has 0 heterocycles. The van der Waals surface area contributed by atoms with Crippen LogP contribution in [0.1, 0.15) is 32.1 Å². The number of nitrogens with two attached hydrogens (primary N) is 4. The van der Waals surface area contributed by atoms with Crippen molar-refractivity contribution in [1.29, 1.82) is 0 Å². The Morgan fingerprint density at radius 2 is 1.38 bits per heavy atom. The van der Waals surface area contributed by atoms with Crippen LogP contribution >= 0.6 is 0 Å². The molecule has 0 aliphatic heterocycles. The molecule has 0 aromatic rings. The number of carboxylic acids is 2. The number of hydrogen-bond acceptors (Lipinski definition) is 7. The van der Waals surface area contributed by atoms with E-state index in [0.717, 1.165) is 0 Å². The smallest absolute Gasteiger partial charge is 0.326 e. The molecule has 21 heavy (non-hydrogen) atoms. The zero-order chi connectivity index (χ0) is 16.7. The van der Waals surface area contributed by atoms with Gasteiger partial charge in [0.05, 0.1) is 0 Å². The van der Waals surface area contributed by atoms with Crippen LogP contribution in [0.3, 0.4) is 0 Å². The number of ketones is 1. The van der Waals surface area contributed by atoms with Crippen molar-refractivity contribution in [2.75, 3.05) is 13.1 Å². The first kappa shape index (κ1) is 19.4. The molecular weight excluding hydrogens is 280 g/mol. The second-order valence-corrected chi connectivity index (χ2v) is 5.05. The van der Waals surface area contributed by atoms with Crippen molar-refractivity contribution in [3.05, 3.63) is 0 Å². The van der Waals surface area contributed by atoms with Gasteiger partial charge in [-0.25, -0.2) is 0 Å². The second kappa shape index (κ2) is 8.03. The van der Waals surface area contributed by atoms with Gasteiger partial charge >= 0.3 is 11.9 Å². The third kappa shape index (κ3) is 4.46. The highest BCUT2D eigenvalue weighted by Gasteiger charge is 2.57. The van der Waals surface area contributed by atoms with Crippen LogP contribution in [0.15, 0.2) is 0 Å². The summed E-state index contributed by atoms with van der Waals surface area (Å²) in [5.74, 6) is -3.74. The minimum absolute atomic E-state index is 0.0202. The van der Waals surface area contributed by atoms with Gasteiger partial charge in [0.15, 0.2) is 5.54 Å². The summed E-state index contributed by atoms with van der Waals surface area (Å²) in [5.41, 5.74) is 17.4. The Balaban J connectivity index is 5.46. The van der Waals surface area contributed by atoms with E-state index in [1.54, 1.807) is 0 Å². The van der Waals surface area contributed by atoms with E-state index in [2.05, 4.69) is 0 Å². The summed E-state index contributed by atoms with van der Waals surface area (Å²) in [6, 6.07) is 0. The van der Waals surface area contributed by atoms with Crippen LogP contribution in [0, 0.1) is 0 Å². The van der Waals surface area contributed by atoms with Gasteiger partial charge < -0.3 is 33.1 Å². The first-order valence-corrected chi connectivity index (χ1v) is 6.62. The molecule has 2 unspecified atom stereocenters. The lowest BCUT2D eigenvalue weighted by molar-refractivity contribution is -0.159. The van der Waals surface area contributed by atoms with Crippen LogP contribution in [0.5, 0.6) is 0 Å². The van der Waals surface area contributed by atoms with Gasteiger partial charge in [-0.1, -0.05) is 0 Å². The van der Waals surface area contributed by atoms with Gasteiger partial charge in [0.2, 0.25) is 0 Å². The number of aliphatic carboxylic acids is 2. The molecular formula is C12H24N4O5.